The molecule has 0 aliphatic rings. The zero-order valence-corrected chi connectivity index (χ0v) is 11.4. The van der Waals surface area contributed by atoms with Crippen LogP contribution in [0.4, 0.5) is 0 Å². The second-order valence-electron chi connectivity index (χ2n) is 2.99. The third-order valence-corrected chi connectivity index (χ3v) is 3.73. The van der Waals surface area contributed by atoms with Crippen molar-refractivity contribution in [2.24, 2.45) is 0 Å². The minimum absolute atomic E-state index is 0.00928. The van der Waals surface area contributed by atoms with Crippen molar-refractivity contribution in [2.45, 2.75) is 6.10 Å². The summed E-state index contributed by atoms with van der Waals surface area (Å²) in [5.74, 6) is -1.08. The number of rotatable bonds is 5. The van der Waals surface area contributed by atoms with Gasteiger partial charge in [0, 0.05) is 8.95 Å². The van der Waals surface area contributed by atoms with Crippen LogP contribution in [0.3, 0.4) is 0 Å². The summed E-state index contributed by atoms with van der Waals surface area (Å²) in [6, 6.07) is 5.06. The summed E-state index contributed by atoms with van der Waals surface area (Å²) >= 11 is 6.58. The molecule has 1 rings (SSSR count). The van der Waals surface area contributed by atoms with Crippen molar-refractivity contribution in [1.82, 2.24) is 0 Å². The van der Waals surface area contributed by atoms with Gasteiger partial charge >= 0.3 is 5.97 Å². The molecule has 0 heterocycles. The first kappa shape index (κ1) is 13.6. The Kier molecular flexibility index (Phi) is 5.40. The maximum Gasteiger partial charge on any atom is 0.337 e. The quantitative estimate of drug-likeness (QED) is 0.852. The summed E-state index contributed by atoms with van der Waals surface area (Å²) in [6.45, 7) is -0.216. The molecule has 0 bridgehead atoms. The standard InChI is InChI=1S/C10H10Br2O4/c11-7-2-1-6(5-8(7)12)9(10(14)15)16-4-3-13/h1-2,5,9,13H,3-4H2,(H,14,15). The summed E-state index contributed by atoms with van der Waals surface area (Å²) < 4.78 is 6.64. The fraction of sp³-hybridized carbons (Fsp3) is 0.300. The van der Waals surface area contributed by atoms with Crippen molar-refractivity contribution >= 4 is 37.8 Å². The summed E-state index contributed by atoms with van der Waals surface area (Å²) in [5, 5.41) is 17.6. The van der Waals surface area contributed by atoms with Gasteiger partial charge in [0.15, 0.2) is 6.10 Å². The van der Waals surface area contributed by atoms with Crippen LogP contribution in [0.15, 0.2) is 27.1 Å². The average Bonchev–Trinajstić information content (AvgIpc) is 2.23. The van der Waals surface area contributed by atoms with E-state index < -0.39 is 12.1 Å². The molecule has 1 aromatic carbocycles. The third kappa shape index (κ3) is 3.55. The van der Waals surface area contributed by atoms with Crippen molar-refractivity contribution in [3.8, 4) is 0 Å². The van der Waals surface area contributed by atoms with E-state index in [9.17, 15) is 4.79 Å². The molecule has 2 N–H and O–H groups in total. The van der Waals surface area contributed by atoms with Crippen LogP contribution < -0.4 is 0 Å². The lowest BCUT2D eigenvalue weighted by molar-refractivity contribution is -0.151. The van der Waals surface area contributed by atoms with Crippen LogP contribution in [0.5, 0.6) is 0 Å². The Bertz CT molecular complexity index is 381. The second kappa shape index (κ2) is 6.34. The van der Waals surface area contributed by atoms with Gasteiger partial charge in [-0.05, 0) is 49.6 Å². The second-order valence-corrected chi connectivity index (χ2v) is 4.69. The number of halogens is 2. The molecule has 0 aromatic heterocycles. The summed E-state index contributed by atoms with van der Waals surface area (Å²) in [6.07, 6.45) is -1.06. The van der Waals surface area contributed by atoms with E-state index in [4.69, 9.17) is 14.9 Å². The number of carboxylic acid groups (broad SMARTS) is 1. The predicted molar refractivity (Wildman–Crippen MR) is 65.3 cm³/mol. The lowest BCUT2D eigenvalue weighted by atomic mass is 10.1. The van der Waals surface area contributed by atoms with E-state index in [-0.39, 0.29) is 13.2 Å². The van der Waals surface area contributed by atoms with Crippen molar-refractivity contribution in [1.29, 1.82) is 0 Å². The van der Waals surface area contributed by atoms with Gasteiger partial charge in [-0.1, -0.05) is 6.07 Å². The molecule has 0 radical (unpaired) electrons. The van der Waals surface area contributed by atoms with Crippen molar-refractivity contribution in [3.05, 3.63) is 32.7 Å². The first-order valence-electron chi connectivity index (χ1n) is 4.46. The number of aliphatic hydroxyl groups excluding tert-OH is 1. The first-order valence-corrected chi connectivity index (χ1v) is 6.05. The molecule has 0 saturated heterocycles. The number of carbonyl (C=O) groups is 1. The number of aliphatic hydroxyl groups is 1. The van der Waals surface area contributed by atoms with E-state index in [1.807, 2.05) is 0 Å². The molecule has 1 atom stereocenters. The van der Waals surface area contributed by atoms with E-state index in [1.54, 1.807) is 18.2 Å². The molecular formula is C10H10Br2O4. The number of hydrogen-bond donors (Lipinski definition) is 2. The number of ether oxygens (including phenoxy) is 1. The highest BCUT2D eigenvalue weighted by Crippen LogP contribution is 2.28. The molecule has 0 aliphatic heterocycles. The van der Waals surface area contributed by atoms with E-state index in [0.717, 1.165) is 8.95 Å². The van der Waals surface area contributed by atoms with Gasteiger partial charge in [-0.2, -0.15) is 0 Å². The van der Waals surface area contributed by atoms with Gasteiger partial charge in [0.25, 0.3) is 0 Å². The molecular weight excluding hydrogens is 344 g/mol. The SMILES string of the molecule is O=C(O)C(OCCO)c1ccc(Br)c(Br)c1. The molecule has 0 amide bonds. The largest absolute Gasteiger partial charge is 0.479 e. The predicted octanol–water partition coefficient (Wildman–Crippen LogP) is 2.35. The molecule has 0 aliphatic carbocycles. The van der Waals surface area contributed by atoms with E-state index in [0.29, 0.717) is 5.56 Å². The topological polar surface area (TPSA) is 66.8 Å². The molecule has 0 saturated carbocycles. The molecule has 88 valence electrons. The summed E-state index contributed by atoms with van der Waals surface area (Å²) in [5.41, 5.74) is 0.524. The van der Waals surface area contributed by atoms with E-state index in [1.165, 1.54) is 0 Å². The lowest BCUT2D eigenvalue weighted by Gasteiger charge is -2.13. The van der Waals surface area contributed by atoms with Crippen LogP contribution >= 0.6 is 31.9 Å². The Morgan fingerprint density at radius 1 is 1.38 bits per heavy atom. The minimum Gasteiger partial charge on any atom is -0.479 e. The Balaban J connectivity index is 2.92. The summed E-state index contributed by atoms with van der Waals surface area (Å²) in [7, 11) is 0. The molecule has 0 fully saturated rings. The Morgan fingerprint density at radius 2 is 2.06 bits per heavy atom. The maximum atomic E-state index is 11.0. The lowest BCUT2D eigenvalue weighted by Crippen LogP contribution is -2.17. The van der Waals surface area contributed by atoms with Gasteiger partial charge in [-0.3, -0.25) is 0 Å². The monoisotopic (exact) mass is 352 g/mol. The van der Waals surface area contributed by atoms with Crippen LogP contribution in [0.2, 0.25) is 0 Å². The number of carboxylic acids is 1. The van der Waals surface area contributed by atoms with E-state index >= 15 is 0 Å². The first-order chi connectivity index (χ1) is 7.56. The highest BCUT2D eigenvalue weighted by atomic mass is 79.9. The average molecular weight is 354 g/mol. The molecule has 6 heteroatoms. The Morgan fingerprint density at radius 3 is 2.56 bits per heavy atom. The minimum atomic E-state index is -1.08. The van der Waals surface area contributed by atoms with Gasteiger partial charge in [0.05, 0.1) is 13.2 Å². The van der Waals surface area contributed by atoms with Crippen LogP contribution in [0.1, 0.15) is 11.7 Å². The molecule has 1 unspecified atom stereocenters. The van der Waals surface area contributed by atoms with Gasteiger partial charge in [-0.25, -0.2) is 4.79 Å². The highest BCUT2D eigenvalue weighted by Gasteiger charge is 2.20. The zero-order valence-electron chi connectivity index (χ0n) is 8.19. The number of hydrogen-bond acceptors (Lipinski definition) is 3. The smallest absolute Gasteiger partial charge is 0.337 e. The van der Waals surface area contributed by atoms with Gasteiger partial charge in [0.1, 0.15) is 0 Å². The number of benzene rings is 1. The molecule has 1 aromatic rings. The van der Waals surface area contributed by atoms with Crippen LogP contribution in [0.25, 0.3) is 0 Å². The van der Waals surface area contributed by atoms with Gasteiger partial charge in [-0.15, -0.1) is 0 Å². The van der Waals surface area contributed by atoms with Gasteiger partial charge in [0.2, 0.25) is 0 Å². The van der Waals surface area contributed by atoms with Crippen molar-refractivity contribution < 1.29 is 19.7 Å². The summed E-state index contributed by atoms with van der Waals surface area (Å²) in [4.78, 5) is 11.0. The van der Waals surface area contributed by atoms with Crippen LogP contribution in [-0.2, 0) is 9.53 Å². The highest BCUT2D eigenvalue weighted by molar-refractivity contribution is 9.13. The third-order valence-electron chi connectivity index (χ3n) is 1.85. The Labute approximate surface area is 109 Å². The Hall–Kier alpha value is -0.430. The number of aliphatic carboxylic acids is 1. The van der Waals surface area contributed by atoms with Crippen LogP contribution in [0, 0.1) is 0 Å². The molecule has 16 heavy (non-hydrogen) atoms. The maximum absolute atomic E-state index is 11.0. The van der Waals surface area contributed by atoms with E-state index in [2.05, 4.69) is 31.9 Å². The van der Waals surface area contributed by atoms with Crippen LogP contribution in [-0.4, -0.2) is 29.4 Å². The van der Waals surface area contributed by atoms with Gasteiger partial charge < -0.3 is 14.9 Å². The fourth-order valence-electron chi connectivity index (χ4n) is 1.16. The van der Waals surface area contributed by atoms with Crippen molar-refractivity contribution in [3.63, 3.8) is 0 Å². The molecule has 4 nitrogen and oxygen atoms in total. The fourth-order valence-corrected chi connectivity index (χ4v) is 1.80. The molecule has 0 spiro atoms. The zero-order chi connectivity index (χ0) is 12.1. The normalized spacial score (nSPS) is 12.4. The van der Waals surface area contributed by atoms with Crippen molar-refractivity contribution in [2.75, 3.05) is 13.2 Å².